The third-order valence-corrected chi connectivity index (χ3v) is 0.738. The van der Waals surface area contributed by atoms with Crippen molar-refractivity contribution in [2.45, 2.75) is 12.7 Å². The zero-order valence-electron chi connectivity index (χ0n) is 4.52. The molecular formula is C3H10N4. The summed E-state index contributed by atoms with van der Waals surface area (Å²) in [5.41, 5.74) is 11.7. The van der Waals surface area contributed by atoms with Gasteiger partial charge in [-0.3, -0.25) is 11.1 Å². The molecule has 0 saturated carbocycles. The summed E-state index contributed by atoms with van der Waals surface area (Å²) < 4.78 is 0. The quantitative estimate of drug-likeness (QED) is 0.335. The molecule has 0 spiro atoms. The van der Waals surface area contributed by atoms with Crippen molar-refractivity contribution in [3.05, 3.63) is 0 Å². The minimum Gasteiger partial charge on any atom is -0.293 e. The van der Waals surface area contributed by atoms with Gasteiger partial charge in [-0.1, -0.05) is 0 Å². The number of nitrogens with one attached hydrogen (secondary N) is 2. The van der Waals surface area contributed by atoms with E-state index in [-0.39, 0.29) is 0 Å². The number of nitrogens with two attached hydrogens (primary N) is 1. The van der Waals surface area contributed by atoms with Gasteiger partial charge in [-0.05, 0) is 14.0 Å². The number of nitrogens with zero attached hydrogens (tertiary/aromatic N) is 1. The van der Waals surface area contributed by atoms with Gasteiger partial charge >= 0.3 is 0 Å². The van der Waals surface area contributed by atoms with Gasteiger partial charge in [0.1, 0.15) is 0 Å². The second kappa shape index (κ2) is 1.99. The summed E-state index contributed by atoms with van der Waals surface area (Å²) in [5, 5.41) is 5.67. The molecule has 0 saturated heterocycles. The lowest BCUT2D eigenvalue weighted by Gasteiger charge is -2.14. The summed E-state index contributed by atoms with van der Waals surface area (Å²) in [4.78, 5) is 0. The molecule has 0 aliphatic rings. The maximum Gasteiger partial charge on any atom is 0.178 e. The van der Waals surface area contributed by atoms with Gasteiger partial charge in [-0.2, -0.15) is 5.11 Å². The van der Waals surface area contributed by atoms with Gasteiger partial charge in [0, 0.05) is 0 Å². The van der Waals surface area contributed by atoms with Gasteiger partial charge in [0.25, 0.3) is 0 Å². The maximum absolute atomic E-state index is 6.44. The van der Waals surface area contributed by atoms with E-state index in [1.54, 1.807) is 14.0 Å². The first kappa shape index (κ1) is 6.52. The molecule has 4 N–H and O–H groups in total. The molecule has 1 atom stereocenters. The monoisotopic (exact) mass is 102 g/mol. The molecule has 0 rings (SSSR count). The third-order valence-electron chi connectivity index (χ3n) is 0.738. The normalized spacial score (nSPS) is 18.1. The highest BCUT2D eigenvalue weighted by atomic mass is 15.3. The Kier molecular flexibility index (Phi) is 1.86. The zero-order chi connectivity index (χ0) is 5.91. The van der Waals surface area contributed by atoms with Crippen molar-refractivity contribution in [1.82, 2.24) is 5.32 Å². The Morgan fingerprint density at radius 1 is 1.86 bits per heavy atom. The number of hydrogen-bond acceptors (Lipinski definition) is 4. The zero-order valence-corrected chi connectivity index (χ0v) is 4.52. The summed E-state index contributed by atoms with van der Waals surface area (Å²) in [7, 11) is 1.65. The number of hydrogen-bond donors (Lipinski definition) is 3. The Bertz CT molecular complexity index is 67.3. The van der Waals surface area contributed by atoms with E-state index in [2.05, 4.69) is 10.4 Å². The molecule has 4 nitrogen and oxygen atoms in total. The Balaban J connectivity index is 3.58. The molecule has 0 aromatic heterocycles. The van der Waals surface area contributed by atoms with Crippen molar-refractivity contribution in [2.75, 3.05) is 7.05 Å². The highest BCUT2D eigenvalue weighted by Crippen LogP contribution is 1.89. The van der Waals surface area contributed by atoms with Crippen LogP contribution in [0.25, 0.3) is 0 Å². The van der Waals surface area contributed by atoms with Crippen LogP contribution in [0.2, 0.25) is 0 Å². The molecule has 0 aliphatic carbocycles. The van der Waals surface area contributed by atoms with Crippen LogP contribution in [0.3, 0.4) is 0 Å². The van der Waals surface area contributed by atoms with Crippen LogP contribution in [-0.4, -0.2) is 12.8 Å². The van der Waals surface area contributed by atoms with Crippen LogP contribution in [0.15, 0.2) is 5.11 Å². The molecule has 0 aromatic rings. The average Bonchev–Trinajstić information content (AvgIpc) is 1.68. The van der Waals surface area contributed by atoms with E-state index in [4.69, 9.17) is 11.3 Å². The summed E-state index contributed by atoms with van der Waals surface area (Å²) in [6.45, 7) is 1.61. The van der Waals surface area contributed by atoms with Crippen molar-refractivity contribution in [1.29, 1.82) is 5.53 Å². The standard InChI is InChI=1S/C3H10N4/c1-3(4,6-2)7-5/h5-6H,4H2,1-2H3. The molecule has 0 aromatic carbocycles. The molecule has 0 heterocycles. The molecule has 4 heteroatoms. The number of rotatable bonds is 2. The van der Waals surface area contributed by atoms with E-state index in [9.17, 15) is 0 Å². The molecule has 0 aliphatic heterocycles. The van der Waals surface area contributed by atoms with Gasteiger partial charge in [0.05, 0.1) is 0 Å². The van der Waals surface area contributed by atoms with E-state index >= 15 is 0 Å². The minimum absolute atomic E-state index is 0.875. The van der Waals surface area contributed by atoms with Crippen LogP contribution in [0.5, 0.6) is 0 Å². The van der Waals surface area contributed by atoms with Crippen LogP contribution in [-0.2, 0) is 0 Å². The molecule has 1 unspecified atom stereocenters. The molecule has 0 fully saturated rings. The van der Waals surface area contributed by atoms with E-state index < -0.39 is 5.79 Å². The largest absolute Gasteiger partial charge is 0.293 e. The van der Waals surface area contributed by atoms with Crippen molar-refractivity contribution >= 4 is 0 Å². The summed E-state index contributed by atoms with van der Waals surface area (Å²) >= 11 is 0. The van der Waals surface area contributed by atoms with Gasteiger partial charge < -0.3 is 0 Å². The first-order valence-corrected chi connectivity index (χ1v) is 1.99. The predicted octanol–water partition coefficient (Wildman–Crippen LogP) is -0.131. The summed E-state index contributed by atoms with van der Waals surface area (Å²) in [6.07, 6.45) is 0. The molecule has 42 valence electrons. The fourth-order valence-corrected chi connectivity index (χ4v) is 0.0559. The highest BCUT2D eigenvalue weighted by molar-refractivity contribution is 4.64. The average molecular weight is 102 g/mol. The van der Waals surface area contributed by atoms with Crippen molar-refractivity contribution < 1.29 is 0 Å². The second-order valence-corrected chi connectivity index (χ2v) is 1.51. The van der Waals surface area contributed by atoms with Crippen LogP contribution < -0.4 is 11.1 Å². The molecule has 0 bridgehead atoms. The lowest BCUT2D eigenvalue weighted by molar-refractivity contribution is 0.391. The Morgan fingerprint density at radius 2 is 2.29 bits per heavy atom. The lowest BCUT2D eigenvalue weighted by Crippen LogP contribution is -2.46. The van der Waals surface area contributed by atoms with Crippen LogP contribution in [0.1, 0.15) is 6.92 Å². The summed E-state index contributed by atoms with van der Waals surface area (Å²) in [6, 6.07) is 0. The Labute approximate surface area is 42.6 Å². The Morgan fingerprint density at radius 3 is 2.29 bits per heavy atom. The van der Waals surface area contributed by atoms with E-state index in [1.807, 2.05) is 0 Å². The predicted molar refractivity (Wildman–Crippen MR) is 26.8 cm³/mol. The van der Waals surface area contributed by atoms with Gasteiger partial charge in [0.15, 0.2) is 5.79 Å². The van der Waals surface area contributed by atoms with Gasteiger partial charge in [-0.15, -0.1) is 0 Å². The minimum atomic E-state index is -0.875. The van der Waals surface area contributed by atoms with Crippen molar-refractivity contribution in [3.8, 4) is 0 Å². The second-order valence-electron chi connectivity index (χ2n) is 1.51. The van der Waals surface area contributed by atoms with Crippen molar-refractivity contribution in [2.24, 2.45) is 10.8 Å². The van der Waals surface area contributed by atoms with Crippen molar-refractivity contribution in [3.63, 3.8) is 0 Å². The molecular weight excluding hydrogens is 92.1 g/mol. The summed E-state index contributed by atoms with van der Waals surface area (Å²) in [5.74, 6) is -0.875. The first-order chi connectivity index (χ1) is 3.12. The van der Waals surface area contributed by atoms with E-state index in [0.29, 0.717) is 0 Å². The van der Waals surface area contributed by atoms with Gasteiger partial charge in [-0.25, -0.2) is 5.53 Å². The van der Waals surface area contributed by atoms with E-state index in [0.717, 1.165) is 0 Å². The van der Waals surface area contributed by atoms with Crippen LogP contribution >= 0.6 is 0 Å². The first-order valence-electron chi connectivity index (χ1n) is 1.99. The maximum atomic E-state index is 6.44. The topological polar surface area (TPSA) is 74.3 Å². The smallest absolute Gasteiger partial charge is 0.178 e. The fourth-order valence-electron chi connectivity index (χ4n) is 0.0559. The van der Waals surface area contributed by atoms with Crippen LogP contribution in [0.4, 0.5) is 0 Å². The lowest BCUT2D eigenvalue weighted by atomic mass is 10.5. The highest BCUT2D eigenvalue weighted by Gasteiger charge is 2.09. The van der Waals surface area contributed by atoms with E-state index in [1.165, 1.54) is 0 Å². The molecule has 0 amide bonds. The third kappa shape index (κ3) is 2.24. The fraction of sp³-hybridized carbons (Fsp3) is 1.00. The molecule has 7 heavy (non-hydrogen) atoms. The molecule has 0 radical (unpaired) electrons. The van der Waals surface area contributed by atoms with Crippen LogP contribution in [0, 0.1) is 5.53 Å². The van der Waals surface area contributed by atoms with Gasteiger partial charge in [0.2, 0.25) is 0 Å². The Hall–Kier alpha value is -0.480. The SMILES string of the molecule is CNC(C)(N)N=N.